The Hall–Kier alpha value is -5.07. The van der Waals surface area contributed by atoms with Crippen molar-refractivity contribution in [1.29, 1.82) is 0 Å². The monoisotopic (exact) mass is 704 g/mol. The molecule has 13 heteroatoms. The number of rotatable bonds is 13. The van der Waals surface area contributed by atoms with E-state index in [0.717, 1.165) is 17.8 Å². The Morgan fingerprint density at radius 2 is 1.18 bits per heavy atom. The highest BCUT2D eigenvalue weighted by atomic mass is 16.5. The van der Waals surface area contributed by atoms with E-state index < -0.39 is 29.3 Å². The maximum atomic E-state index is 12.8. The minimum absolute atomic E-state index is 0.0189. The van der Waals surface area contributed by atoms with Crippen LogP contribution in [0.15, 0.2) is 15.7 Å². The van der Waals surface area contributed by atoms with Crippen molar-refractivity contribution in [2.24, 2.45) is 20.8 Å². The van der Waals surface area contributed by atoms with Crippen LogP contribution in [-0.4, -0.2) is 79.6 Å². The lowest BCUT2D eigenvalue weighted by atomic mass is 9.86. The van der Waals surface area contributed by atoms with Crippen molar-refractivity contribution in [3.05, 3.63) is 50.0 Å². The molecule has 13 nitrogen and oxygen atoms in total. The zero-order chi connectivity index (χ0) is 37.7. The van der Waals surface area contributed by atoms with Gasteiger partial charge in [-0.1, -0.05) is 27.7 Å². The van der Waals surface area contributed by atoms with Crippen LogP contribution in [0.1, 0.15) is 93.9 Å². The van der Waals surface area contributed by atoms with Crippen LogP contribution in [-0.2, 0) is 68.6 Å². The van der Waals surface area contributed by atoms with Gasteiger partial charge in [-0.15, -0.1) is 0 Å². The van der Waals surface area contributed by atoms with Crippen molar-refractivity contribution in [3.8, 4) is 0 Å². The number of hydrogen-bond acceptors (Lipinski definition) is 10. The summed E-state index contributed by atoms with van der Waals surface area (Å²) in [6.07, 6.45) is 6.85. The number of ether oxygens (including phenoxy) is 4. The van der Waals surface area contributed by atoms with Crippen molar-refractivity contribution < 1.29 is 42.9 Å². The number of allylic oxidation sites excluding steroid dienone is 1. The number of amides is 1. The van der Waals surface area contributed by atoms with Gasteiger partial charge in [0.25, 0.3) is 0 Å². The summed E-state index contributed by atoms with van der Waals surface area (Å²) < 4.78 is 20.0. The highest BCUT2D eigenvalue weighted by molar-refractivity contribution is 6.21. The maximum Gasteiger partial charge on any atom is 0.310 e. The van der Waals surface area contributed by atoms with E-state index in [0.29, 0.717) is 50.1 Å². The normalized spacial score (nSPS) is 17.8. The van der Waals surface area contributed by atoms with Gasteiger partial charge >= 0.3 is 23.9 Å². The van der Waals surface area contributed by atoms with Gasteiger partial charge < -0.3 is 28.9 Å². The molecule has 0 saturated heterocycles. The van der Waals surface area contributed by atoms with E-state index >= 15 is 0 Å². The summed E-state index contributed by atoms with van der Waals surface area (Å²) in [6, 6.07) is 0. The summed E-state index contributed by atoms with van der Waals surface area (Å²) >= 11 is 0. The summed E-state index contributed by atoms with van der Waals surface area (Å²) in [7, 11) is 5.24. The van der Waals surface area contributed by atoms with Crippen molar-refractivity contribution in [1.82, 2.24) is 9.97 Å². The standard InChI is InChI=1S/C38H48N4O9/c1-21-19-37(2,3)30(39-21)17-28-24(14-35(46)50-8)22(10-12-33(44)48-6)26(40-28)16-27-23(11-13-34(45)49-7)25(15-36(47)51-9)29(41-27)18-31-38(4,5)20-32(43)42-31/h16-18,40-41H,10-15,19-20H2,1-9H3/b27-16-,29-18+,30-17-. The fraction of sp³-hybridized carbons (Fsp3) is 0.500. The number of methoxy groups -OCH3 is 4. The summed E-state index contributed by atoms with van der Waals surface area (Å²) in [6.45, 7) is 10.0. The van der Waals surface area contributed by atoms with Crippen molar-refractivity contribution in [2.45, 2.75) is 86.0 Å². The van der Waals surface area contributed by atoms with Gasteiger partial charge in [-0.2, -0.15) is 0 Å². The summed E-state index contributed by atoms with van der Waals surface area (Å²) in [5, 5.41) is 1.09. The molecule has 0 bridgehead atoms. The van der Waals surface area contributed by atoms with Crippen LogP contribution in [0, 0.1) is 10.8 Å². The van der Waals surface area contributed by atoms with Crippen LogP contribution in [0.3, 0.4) is 0 Å². The van der Waals surface area contributed by atoms with E-state index in [9.17, 15) is 24.0 Å². The number of esters is 4. The third kappa shape index (κ3) is 9.19. The number of nitrogens with zero attached hydrogens (tertiary/aromatic N) is 2. The second-order valence-electron chi connectivity index (χ2n) is 14.2. The first-order chi connectivity index (χ1) is 24.0. The molecule has 4 rings (SSSR count). The number of H-pyrrole nitrogens is 2. The van der Waals surface area contributed by atoms with Gasteiger partial charge in [0.15, 0.2) is 0 Å². The lowest BCUT2D eigenvalue weighted by Gasteiger charge is -2.18. The predicted octanol–water partition coefficient (Wildman–Crippen LogP) is 3.22. The molecular formula is C38H48N4O9. The van der Waals surface area contributed by atoms with Crippen LogP contribution in [0.25, 0.3) is 18.2 Å². The Bertz CT molecular complexity index is 1950. The summed E-state index contributed by atoms with van der Waals surface area (Å²) in [5.74, 6) is -2.06. The average Bonchev–Trinajstić information content (AvgIpc) is 3.73. The van der Waals surface area contributed by atoms with Crippen molar-refractivity contribution in [2.75, 3.05) is 28.4 Å². The Morgan fingerprint density at radius 1 is 0.647 bits per heavy atom. The van der Waals surface area contributed by atoms with E-state index in [4.69, 9.17) is 23.9 Å². The average molecular weight is 705 g/mol. The highest BCUT2D eigenvalue weighted by Crippen LogP contribution is 2.39. The van der Waals surface area contributed by atoms with Gasteiger partial charge in [0, 0.05) is 63.6 Å². The molecule has 1 amide bonds. The molecule has 2 N–H and O–H groups in total. The first-order valence-corrected chi connectivity index (χ1v) is 16.8. The van der Waals surface area contributed by atoms with Crippen LogP contribution in [0.5, 0.6) is 0 Å². The minimum atomic E-state index is -0.540. The topological polar surface area (TPSA) is 179 Å². The molecule has 0 aromatic carbocycles. The van der Waals surface area contributed by atoms with Crippen molar-refractivity contribution >= 4 is 59.4 Å². The Balaban J connectivity index is 2.08. The number of nitrogens with one attached hydrogen (secondary N) is 2. The van der Waals surface area contributed by atoms with Gasteiger partial charge in [0.1, 0.15) is 0 Å². The molecule has 2 aliphatic rings. The number of carbonyl (C=O) groups is 5. The molecule has 0 radical (unpaired) electrons. The van der Waals surface area contributed by atoms with E-state index in [-0.39, 0.29) is 56.3 Å². The highest BCUT2D eigenvalue weighted by Gasteiger charge is 2.34. The number of carbonyl (C=O) groups excluding carboxylic acids is 5. The molecule has 0 fully saturated rings. The summed E-state index contributed by atoms with van der Waals surface area (Å²) in [4.78, 5) is 78.7. The first-order valence-electron chi connectivity index (χ1n) is 16.8. The van der Waals surface area contributed by atoms with E-state index in [1.54, 1.807) is 6.08 Å². The number of hydrogen-bond donors (Lipinski definition) is 2. The Kier molecular flexibility index (Phi) is 12.0. The first kappa shape index (κ1) is 38.7. The van der Waals surface area contributed by atoms with E-state index in [1.807, 2.05) is 32.9 Å². The Morgan fingerprint density at radius 3 is 1.69 bits per heavy atom. The van der Waals surface area contributed by atoms with Gasteiger partial charge in [-0.3, -0.25) is 29.0 Å². The van der Waals surface area contributed by atoms with E-state index in [2.05, 4.69) is 28.8 Å². The molecule has 2 aromatic heterocycles. The molecule has 274 valence electrons. The quantitative estimate of drug-likeness (QED) is 0.234. The molecule has 0 spiro atoms. The molecule has 0 saturated carbocycles. The summed E-state index contributed by atoms with van der Waals surface area (Å²) in [5.41, 5.74) is 5.38. The lowest BCUT2D eigenvalue weighted by Crippen LogP contribution is -2.23. The third-order valence-corrected chi connectivity index (χ3v) is 9.36. The van der Waals surface area contributed by atoms with Gasteiger partial charge in [0.2, 0.25) is 5.91 Å². The SMILES string of the molecule is COC(=O)CCc1c(/C=c2\[nH]/c(=C/C3=NC(=O)CC3(C)C)c(CC(=O)OC)c2CCC(=O)OC)[nH]c(/C=C2\N=C(C)CC2(C)C)c1CC(=O)OC. The molecule has 2 aliphatic heterocycles. The second-order valence-corrected chi connectivity index (χ2v) is 14.2. The molecular weight excluding hydrogens is 656 g/mol. The molecule has 51 heavy (non-hydrogen) atoms. The molecule has 2 aromatic rings. The largest absolute Gasteiger partial charge is 0.469 e. The fourth-order valence-corrected chi connectivity index (χ4v) is 6.59. The molecule has 0 atom stereocenters. The molecule has 0 unspecified atom stereocenters. The van der Waals surface area contributed by atoms with Crippen LogP contribution in [0.2, 0.25) is 0 Å². The lowest BCUT2D eigenvalue weighted by molar-refractivity contribution is -0.141. The Labute approximate surface area is 297 Å². The minimum Gasteiger partial charge on any atom is -0.469 e. The number of aromatic amines is 2. The molecule has 0 aliphatic carbocycles. The smallest absolute Gasteiger partial charge is 0.310 e. The fourth-order valence-electron chi connectivity index (χ4n) is 6.59. The van der Waals surface area contributed by atoms with Gasteiger partial charge in [-0.05, 0) is 66.7 Å². The van der Waals surface area contributed by atoms with Gasteiger partial charge in [0.05, 0.1) is 47.0 Å². The number of aromatic nitrogens is 2. The van der Waals surface area contributed by atoms with Crippen LogP contribution < -0.4 is 10.7 Å². The number of aliphatic imine (C=N–C) groups is 2. The predicted molar refractivity (Wildman–Crippen MR) is 191 cm³/mol. The second kappa shape index (κ2) is 15.9. The van der Waals surface area contributed by atoms with Crippen LogP contribution >= 0.6 is 0 Å². The zero-order valence-electron chi connectivity index (χ0n) is 31.0. The van der Waals surface area contributed by atoms with Gasteiger partial charge in [-0.25, -0.2) is 4.99 Å². The van der Waals surface area contributed by atoms with Crippen molar-refractivity contribution in [3.63, 3.8) is 0 Å². The zero-order valence-corrected chi connectivity index (χ0v) is 31.0. The molecule has 4 heterocycles. The van der Waals surface area contributed by atoms with Crippen LogP contribution in [0.4, 0.5) is 0 Å². The maximum absolute atomic E-state index is 12.8. The third-order valence-electron chi connectivity index (χ3n) is 9.36. The van der Waals surface area contributed by atoms with E-state index in [1.165, 1.54) is 28.4 Å².